The predicted molar refractivity (Wildman–Crippen MR) is 81.5 cm³/mol. The van der Waals surface area contributed by atoms with Crippen molar-refractivity contribution in [3.8, 4) is 0 Å². The van der Waals surface area contributed by atoms with E-state index in [1.807, 2.05) is 30.3 Å². The van der Waals surface area contributed by atoms with Crippen molar-refractivity contribution in [2.75, 3.05) is 13.7 Å². The van der Waals surface area contributed by atoms with Crippen molar-refractivity contribution in [3.63, 3.8) is 0 Å². The van der Waals surface area contributed by atoms with Gasteiger partial charge in [-0.15, -0.1) is 0 Å². The van der Waals surface area contributed by atoms with Crippen LogP contribution in [0.25, 0.3) is 20.9 Å². The number of hydrogen-bond donors (Lipinski definition) is 0. The van der Waals surface area contributed by atoms with E-state index in [9.17, 15) is 0 Å². The van der Waals surface area contributed by atoms with Gasteiger partial charge in [0.15, 0.2) is 12.6 Å². The average molecular weight is 332 g/mol. The third kappa shape index (κ3) is 3.15. The molecule has 6 atom stereocenters. The van der Waals surface area contributed by atoms with Gasteiger partial charge in [0.05, 0.1) is 24.8 Å². The minimum atomic E-state index is -0.835. The largest absolute Gasteiger partial charge is 0.355 e. The molecule has 1 aromatic rings. The van der Waals surface area contributed by atoms with E-state index in [-0.39, 0.29) is 6.61 Å². The first-order chi connectivity index (χ1) is 11.8. The highest BCUT2D eigenvalue weighted by atomic mass is 16.7. The maximum atomic E-state index is 8.89. The van der Waals surface area contributed by atoms with Crippen LogP contribution in [0.3, 0.4) is 0 Å². The Morgan fingerprint density at radius 2 is 1.79 bits per heavy atom. The summed E-state index contributed by atoms with van der Waals surface area (Å²) in [5.74, 6) is 0. The Balaban J connectivity index is 1.88. The van der Waals surface area contributed by atoms with Crippen LogP contribution in [0.4, 0.5) is 0 Å². The molecule has 126 valence electrons. The number of methoxy groups -OCH3 is 1. The van der Waals surface area contributed by atoms with E-state index in [0.29, 0.717) is 0 Å². The molecule has 2 aliphatic rings. The van der Waals surface area contributed by atoms with E-state index in [0.717, 1.165) is 5.56 Å². The number of ether oxygens (including phenoxy) is 4. The topological polar surface area (TPSA) is 134 Å². The van der Waals surface area contributed by atoms with E-state index in [1.165, 1.54) is 7.11 Å². The summed E-state index contributed by atoms with van der Waals surface area (Å²) in [4.78, 5) is 5.66. The third-order valence-corrected chi connectivity index (χ3v) is 4.01. The molecule has 2 heterocycles. The molecule has 1 aromatic carbocycles. The fraction of sp³-hybridized carbons (Fsp3) is 0.571. The Kier molecular flexibility index (Phi) is 5.17. The average Bonchev–Trinajstić information content (AvgIpc) is 2.64. The smallest absolute Gasteiger partial charge is 0.184 e. The number of azide groups is 2. The van der Waals surface area contributed by atoms with Crippen LogP contribution < -0.4 is 0 Å². The normalized spacial score (nSPS) is 35.2. The summed E-state index contributed by atoms with van der Waals surface area (Å²) < 4.78 is 22.6. The number of rotatable bonds is 4. The van der Waals surface area contributed by atoms with Crippen molar-refractivity contribution in [2.45, 2.75) is 36.9 Å². The van der Waals surface area contributed by atoms with Crippen molar-refractivity contribution in [2.24, 2.45) is 10.2 Å². The number of fused-ring (bicyclic) bond motifs is 1. The minimum Gasteiger partial charge on any atom is -0.355 e. The predicted octanol–water partition coefficient (Wildman–Crippen LogP) is 2.83. The summed E-state index contributed by atoms with van der Waals surface area (Å²) in [6.45, 7) is 0.241. The molecule has 0 aromatic heterocycles. The summed E-state index contributed by atoms with van der Waals surface area (Å²) in [5, 5.41) is 7.44. The summed E-state index contributed by atoms with van der Waals surface area (Å²) in [7, 11) is 1.43. The lowest BCUT2D eigenvalue weighted by Gasteiger charge is -2.46. The van der Waals surface area contributed by atoms with E-state index in [1.54, 1.807) is 0 Å². The highest BCUT2D eigenvalue weighted by molar-refractivity contribution is 5.17. The van der Waals surface area contributed by atoms with E-state index < -0.39 is 36.9 Å². The van der Waals surface area contributed by atoms with Crippen LogP contribution in [0.2, 0.25) is 0 Å². The van der Waals surface area contributed by atoms with Gasteiger partial charge in [-0.05, 0) is 11.1 Å². The lowest BCUT2D eigenvalue weighted by atomic mass is 9.94. The zero-order valence-corrected chi connectivity index (χ0v) is 12.9. The summed E-state index contributed by atoms with van der Waals surface area (Å²) in [5.41, 5.74) is 18.5. The fourth-order valence-electron chi connectivity index (χ4n) is 2.93. The molecule has 10 nitrogen and oxygen atoms in total. The van der Waals surface area contributed by atoms with Gasteiger partial charge in [0.25, 0.3) is 0 Å². The standard InChI is InChI=1S/C14H16N6O4/c1-21-14-11(18-20-16)10(17-19-15)12-9(23-14)7-22-13(24-12)8-5-3-2-4-6-8/h2-6,9-14H,7H2,1H3. The third-order valence-electron chi connectivity index (χ3n) is 4.01. The van der Waals surface area contributed by atoms with Gasteiger partial charge in [-0.2, -0.15) is 0 Å². The maximum absolute atomic E-state index is 8.89. The van der Waals surface area contributed by atoms with Gasteiger partial charge in [0, 0.05) is 22.5 Å². The lowest BCUT2D eigenvalue weighted by molar-refractivity contribution is -0.321. The lowest BCUT2D eigenvalue weighted by Crippen LogP contribution is -2.60. The minimum absolute atomic E-state index is 0.241. The molecule has 6 unspecified atom stereocenters. The van der Waals surface area contributed by atoms with Crippen LogP contribution in [0.1, 0.15) is 11.9 Å². The molecule has 2 aliphatic heterocycles. The zero-order chi connectivity index (χ0) is 16.9. The molecule has 2 saturated heterocycles. The van der Waals surface area contributed by atoms with Crippen molar-refractivity contribution in [1.82, 2.24) is 0 Å². The molecule has 3 rings (SSSR count). The van der Waals surface area contributed by atoms with E-state index >= 15 is 0 Å². The van der Waals surface area contributed by atoms with E-state index in [2.05, 4.69) is 20.1 Å². The van der Waals surface area contributed by atoms with Crippen molar-refractivity contribution in [3.05, 3.63) is 56.8 Å². The van der Waals surface area contributed by atoms with Crippen molar-refractivity contribution < 1.29 is 18.9 Å². The van der Waals surface area contributed by atoms with E-state index in [4.69, 9.17) is 30.0 Å². The molecular formula is C14H16N6O4. The Morgan fingerprint density at radius 1 is 1.08 bits per heavy atom. The van der Waals surface area contributed by atoms with Crippen LogP contribution in [-0.2, 0) is 18.9 Å². The quantitative estimate of drug-likeness (QED) is 0.476. The molecule has 10 heteroatoms. The Morgan fingerprint density at radius 3 is 2.46 bits per heavy atom. The van der Waals surface area contributed by atoms with Crippen LogP contribution in [0.5, 0.6) is 0 Å². The Bertz CT molecular complexity index is 660. The molecule has 0 spiro atoms. The summed E-state index contributed by atoms with van der Waals surface area (Å²) in [6, 6.07) is 7.81. The molecule has 0 saturated carbocycles. The Labute approximate surface area is 137 Å². The second-order valence-electron chi connectivity index (χ2n) is 5.35. The number of benzene rings is 1. The molecular weight excluding hydrogens is 316 g/mol. The van der Waals surface area contributed by atoms with Crippen molar-refractivity contribution >= 4 is 0 Å². The maximum Gasteiger partial charge on any atom is 0.184 e. The van der Waals surface area contributed by atoms with Crippen LogP contribution in [0, 0.1) is 0 Å². The fourth-order valence-corrected chi connectivity index (χ4v) is 2.93. The first kappa shape index (κ1) is 16.5. The molecule has 0 bridgehead atoms. The van der Waals surface area contributed by atoms with Crippen molar-refractivity contribution in [1.29, 1.82) is 0 Å². The molecule has 24 heavy (non-hydrogen) atoms. The van der Waals surface area contributed by atoms with Gasteiger partial charge in [-0.1, -0.05) is 40.6 Å². The molecule has 2 fully saturated rings. The Hall–Kier alpha value is -2.32. The van der Waals surface area contributed by atoms with Gasteiger partial charge in [-0.3, -0.25) is 0 Å². The second kappa shape index (κ2) is 7.50. The highest BCUT2D eigenvalue weighted by Gasteiger charge is 2.49. The molecule has 0 amide bonds. The molecule has 0 N–H and O–H groups in total. The van der Waals surface area contributed by atoms with Crippen LogP contribution >= 0.6 is 0 Å². The van der Waals surface area contributed by atoms with Gasteiger partial charge in [0.1, 0.15) is 6.10 Å². The molecule has 0 radical (unpaired) electrons. The molecule has 0 aliphatic carbocycles. The van der Waals surface area contributed by atoms with Gasteiger partial charge < -0.3 is 18.9 Å². The van der Waals surface area contributed by atoms with Crippen LogP contribution in [-0.4, -0.2) is 44.3 Å². The monoisotopic (exact) mass is 332 g/mol. The SMILES string of the molecule is COC1OC2COC(c3ccccc3)OC2C(N=[N+]=[N-])C1N=[N+]=[N-]. The van der Waals surface area contributed by atoms with Crippen LogP contribution in [0.15, 0.2) is 40.6 Å². The van der Waals surface area contributed by atoms with Gasteiger partial charge >= 0.3 is 0 Å². The second-order valence-corrected chi connectivity index (χ2v) is 5.35. The first-order valence-corrected chi connectivity index (χ1v) is 7.37. The summed E-state index contributed by atoms with van der Waals surface area (Å²) >= 11 is 0. The first-order valence-electron chi connectivity index (χ1n) is 7.37. The highest BCUT2D eigenvalue weighted by Crippen LogP contribution is 2.36. The van der Waals surface area contributed by atoms with Gasteiger partial charge in [-0.25, -0.2) is 0 Å². The number of nitrogens with zero attached hydrogens (tertiary/aromatic N) is 6. The summed E-state index contributed by atoms with van der Waals surface area (Å²) in [6.07, 6.45) is -2.55. The number of hydrogen-bond acceptors (Lipinski definition) is 6. The van der Waals surface area contributed by atoms with Gasteiger partial charge in [0.2, 0.25) is 0 Å². The zero-order valence-electron chi connectivity index (χ0n) is 12.9.